The summed E-state index contributed by atoms with van der Waals surface area (Å²) in [5.74, 6) is 1.36. The molecule has 8 nitrogen and oxygen atoms in total. The molecule has 1 aliphatic heterocycles. The maximum absolute atomic E-state index is 13.1. The van der Waals surface area contributed by atoms with E-state index in [-0.39, 0.29) is 12.2 Å². The van der Waals surface area contributed by atoms with Crippen molar-refractivity contribution in [3.8, 4) is 0 Å². The topological polar surface area (TPSA) is 94.8 Å². The zero-order valence-electron chi connectivity index (χ0n) is 19.8. The Labute approximate surface area is 207 Å². The van der Waals surface area contributed by atoms with E-state index in [2.05, 4.69) is 34.1 Å². The fourth-order valence-corrected chi connectivity index (χ4v) is 5.99. The van der Waals surface area contributed by atoms with Crippen LogP contribution in [-0.2, 0) is 37.3 Å². The van der Waals surface area contributed by atoms with Gasteiger partial charge in [0, 0.05) is 38.2 Å². The number of methoxy groups -OCH3 is 1. The van der Waals surface area contributed by atoms with Crippen LogP contribution in [0.4, 0.5) is 0 Å². The van der Waals surface area contributed by atoms with E-state index in [4.69, 9.17) is 14.1 Å². The van der Waals surface area contributed by atoms with E-state index in [9.17, 15) is 9.90 Å². The lowest BCUT2D eigenvalue weighted by atomic mass is 10.0. The molecule has 5 rings (SSSR count). The average molecular weight is 495 g/mol. The van der Waals surface area contributed by atoms with Crippen LogP contribution in [0.15, 0.2) is 57.9 Å². The monoisotopic (exact) mass is 494 g/mol. The standard InChI is InChI=1S/C26H30N4O4S/c1-33-17-19(31)13-30(14-20-8-5-11-34-20)16-23-27-25(32)24-21-9-10-29(12-18-6-3-2-4-7-18)15-22(21)35-26(24)28-23/h2-8,11,19,31H,9-10,12-17H2,1H3,(H,27,28,32). The summed E-state index contributed by atoms with van der Waals surface area (Å²) >= 11 is 1.62. The molecule has 184 valence electrons. The number of nitrogens with one attached hydrogen (secondary N) is 1. The van der Waals surface area contributed by atoms with Crippen molar-refractivity contribution in [2.75, 3.05) is 26.8 Å². The smallest absolute Gasteiger partial charge is 0.259 e. The molecule has 4 aromatic rings. The molecule has 0 spiro atoms. The maximum atomic E-state index is 13.1. The molecular formula is C26H30N4O4S. The van der Waals surface area contributed by atoms with Gasteiger partial charge in [-0.1, -0.05) is 30.3 Å². The lowest BCUT2D eigenvalue weighted by Gasteiger charge is -2.26. The van der Waals surface area contributed by atoms with Crippen LogP contribution < -0.4 is 5.56 Å². The summed E-state index contributed by atoms with van der Waals surface area (Å²) in [4.78, 5) is 27.4. The number of aromatic amines is 1. The van der Waals surface area contributed by atoms with Gasteiger partial charge in [-0.15, -0.1) is 11.3 Å². The molecule has 0 bridgehead atoms. The van der Waals surface area contributed by atoms with Crippen molar-refractivity contribution in [3.63, 3.8) is 0 Å². The second-order valence-electron chi connectivity index (χ2n) is 9.00. The van der Waals surface area contributed by atoms with Crippen molar-refractivity contribution in [2.24, 2.45) is 0 Å². The molecule has 1 aromatic carbocycles. The average Bonchev–Trinajstić information content (AvgIpc) is 3.47. The SMILES string of the molecule is COCC(O)CN(Cc1nc2sc3c(c2c(=O)[nH]1)CCN(Cc1ccccc1)C3)Cc1ccco1. The number of rotatable bonds is 10. The predicted molar refractivity (Wildman–Crippen MR) is 135 cm³/mol. The van der Waals surface area contributed by atoms with E-state index in [1.807, 2.05) is 23.1 Å². The normalized spacial score (nSPS) is 15.1. The predicted octanol–water partition coefficient (Wildman–Crippen LogP) is 3.15. The molecule has 0 radical (unpaired) electrons. The van der Waals surface area contributed by atoms with E-state index < -0.39 is 6.10 Å². The highest BCUT2D eigenvalue weighted by Gasteiger charge is 2.24. The number of benzene rings is 1. The van der Waals surface area contributed by atoms with Crippen LogP contribution >= 0.6 is 11.3 Å². The summed E-state index contributed by atoms with van der Waals surface area (Å²) in [6.07, 6.45) is 1.82. The van der Waals surface area contributed by atoms with E-state index in [1.165, 1.54) is 10.4 Å². The first-order valence-electron chi connectivity index (χ1n) is 11.8. The number of hydrogen-bond acceptors (Lipinski definition) is 8. The minimum Gasteiger partial charge on any atom is -0.468 e. The largest absolute Gasteiger partial charge is 0.468 e. The number of fused-ring (bicyclic) bond motifs is 3. The van der Waals surface area contributed by atoms with Gasteiger partial charge in [0.2, 0.25) is 0 Å². The number of thiophene rings is 1. The Kier molecular flexibility index (Phi) is 7.40. The number of furan rings is 1. The Morgan fingerprint density at radius 3 is 2.89 bits per heavy atom. The van der Waals surface area contributed by atoms with Crippen LogP contribution in [0.25, 0.3) is 10.2 Å². The van der Waals surface area contributed by atoms with Crippen LogP contribution in [0.2, 0.25) is 0 Å². The van der Waals surface area contributed by atoms with Crippen LogP contribution in [0.3, 0.4) is 0 Å². The van der Waals surface area contributed by atoms with Gasteiger partial charge in [-0.3, -0.25) is 14.6 Å². The molecule has 4 heterocycles. The highest BCUT2D eigenvalue weighted by atomic mass is 32.1. The summed E-state index contributed by atoms with van der Waals surface area (Å²) in [6.45, 7) is 4.12. The molecule has 0 amide bonds. The fourth-order valence-electron chi connectivity index (χ4n) is 4.71. The number of aliphatic hydroxyl groups excluding tert-OH is 1. The van der Waals surface area contributed by atoms with Crippen LogP contribution in [0.5, 0.6) is 0 Å². The number of aliphatic hydroxyl groups is 1. The molecular weight excluding hydrogens is 464 g/mol. The fraction of sp³-hybridized carbons (Fsp3) is 0.385. The molecule has 1 atom stereocenters. The molecule has 35 heavy (non-hydrogen) atoms. The summed E-state index contributed by atoms with van der Waals surface area (Å²) in [5, 5.41) is 11.0. The lowest BCUT2D eigenvalue weighted by Crippen LogP contribution is -2.35. The summed E-state index contributed by atoms with van der Waals surface area (Å²) < 4.78 is 10.6. The van der Waals surface area contributed by atoms with E-state index >= 15 is 0 Å². The number of aromatic nitrogens is 2. The van der Waals surface area contributed by atoms with E-state index in [0.29, 0.717) is 25.5 Å². The van der Waals surface area contributed by atoms with E-state index in [1.54, 1.807) is 24.7 Å². The summed E-state index contributed by atoms with van der Waals surface area (Å²) in [7, 11) is 1.56. The third kappa shape index (κ3) is 5.71. The van der Waals surface area contributed by atoms with Crippen molar-refractivity contribution in [1.82, 2.24) is 19.8 Å². The number of nitrogens with zero attached hydrogens (tertiary/aromatic N) is 3. The zero-order valence-corrected chi connectivity index (χ0v) is 20.6. The highest BCUT2D eigenvalue weighted by molar-refractivity contribution is 7.18. The first kappa shape index (κ1) is 23.9. The molecule has 0 aliphatic carbocycles. The van der Waals surface area contributed by atoms with Crippen molar-refractivity contribution >= 4 is 21.6 Å². The molecule has 2 N–H and O–H groups in total. The van der Waals surface area contributed by atoms with Crippen LogP contribution in [0, 0.1) is 0 Å². The first-order valence-corrected chi connectivity index (χ1v) is 12.6. The van der Waals surface area contributed by atoms with Crippen LogP contribution in [0.1, 0.15) is 27.6 Å². The van der Waals surface area contributed by atoms with Crippen LogP contribution in [-0.4, -0.2) is 57.8 Å². The van der Waals surface area contributed by atoms with Crippen molar-refractivity contribution in [1.29, 1.82) is 0 Å². The van der Waals surface area contributed by atoms with Gasteiger partial charge < -0.3 is 19.2 Å². The first-order chi connectivity index (χ1) is 17.1. The second kappa shape index (κ2) is 10.8. The van der Waals surface area contributed by atoms with Gasteiger partial charge in [0.15, 0.2) is 0 Å². The molecule has 0 saturated carbocycles. The van der Waals surface area contributed by atoms with E-state index in [0.717, 1.165) is 47.6 Å². The highest BCUT2D eigenvalue weighted by Crippen LogP contribution is 2.33. The molecule has 3 aromatic heterocycles. The third-order valence-electron chi connectivity index (χ3n) is 6.25. The second-order valence-corrected chi connectivity index (χ2v) is 10.1. The Morgan fingerprint density at radius 1 is 1.26 bits per heavy atom. The Morgan fingerprint density at radius 2 is 2.11 bits per heavy atom. The number of hydrogen-bond donors (Lipinski definition) is 2. The number of ether oxygens (including phenoxy) is 1. The zero-order chi connectivity index (χ0) is 24.2. The van der Waals surface area contributed by atoms with Gasteiger partial charge in [0.1, 0.15) is 16.4 Å². The lowest BCUT2D eigenvalue weighted by molar-refractivity contribution is 0.0317. The van der Waals surface area contributed by atoms with Crippen molar-refractivity contribution < 1.29 is 14.3 Å². The van der Waals surface area contributed by atoms with Gasteiger partial charge in [-0.05, 0) is 29.7 Å². The molecule has 1 aliphatic rings. The Balaban J connectivity index is 1.36. The number of H-pyrrole nitrogens is 1. The molecule has 1 unspecified atom stereocenters. The van der Waals surface area contributed by atoms with Gasteiger partial charge >= 0.3 is 0 Å². The van der Waals surface area contributed by atoms with Gasteiger partial charge in [-0.25, -0.2) is 4.98 Å². The summed E-state index contributed by atoms with van der Waals surface area (Å²) in [6, 6.07) is 14.2. The Hall–Kier alpha value is -2.82. The summed E-state index contributed by atoms with van der Waals surface area (Å²) in [5.41, 5.74) is 2.34. The van der Waals surface area contributed by atoms with Gasteiger partial charge in [-0.2, -0.15) is 0 Å². The minimum atomic E-state index is -0.657. The quantitative estimate of drug-likeness (QED) is 0.350. The van der Waals surface area contributed by atoms with Gasteiger partial charge in [0.05, 0.1) is 37.4 Å². The third-order valence-corrected chi connectivity index (χ3v) is 7.36. The van der Waals surface area contributed by atoms with Crippen molar-refractivity contribution in [2.45, 2.75) is 38.7 Å². The molecule has 0 saturated heterocycles. The molecule has 9 heteroatoms. The van der Waals surface area contributed by atoms with Crippen molar-refractivity contribution in [3.05, 3.63) is 86.7 Å². The van der Waals surface area contributed by atoms with Gasteiger partial charge in [0.25, 0.3) is 5.56 Å². The minimum absolute atomic E-state index is 0.0885. The Bertz CT molecular complexity index is 1300. The molecule has 0 fully saturated rings. The maximum Gasteiger partial charge on any atom is 0.259 e.